The molecule has 22 heavy (non-hydrogen) atoms. The zero-order chi connectivity index (χ0) is 15.6. The first-order valence-electron chi connectivity index (χ1n) is 7.09. The van der Waals surface area contributed by atoms with Crippen LogP contribution in [0.3, 0.4) is 0 Å². The van der Waals surface area contributed by atoms with E-state index in [9.17, 15) is 0 Å². The lowest BCUT2D eigenvalue weighted by Crippen LogP contribution is -2.06. The van der Waals surface area contributed by atoms with Crippen LogP contribution >= 0.6 is 0 Å². The van der Waals surface area contributed by atoms with Crippen molar-refractivity contribution in [3.05, 3.63) is 62.1 Å². The maximum Gasteiger partial charge on any atom is 0.127 e. The van der Waals surface area contributed by atoms with Gasteiger partial charge in [-0.1, -0.05) is 37.4 Å². The Labute approximate surface area is 130 Å². The fraction of sp³-hybridized carbons (Fsp3) is 0.222. The predicted octanol–water partition coefficient (Wildman–Crippen LogP) is 3.92. The van der Waals surface area contributed by atoms with Gasteiger partial charge in [0, 0.05) is 10.8 Å². The third kappa shape index (κ3) is 4.19. The summed E-state index contributed by atoms with van der Waals surface area (Å²) >= 11 is 0. The van der Waals surface area contributed by atoms with Gasteiger partial charge in [0.05, 0.1) is 12.5 Å². The highest BCUT2D eigenvalue weighted by Crippen LogP contribution is 2.33. The Morgan fingerprint density at radius 3 is 1.55 bits per heavy atom. The molecule has 116 valence electrons. The van der Waals surface area contributed by atoms with Crippen LogP contribution in [-0.4, -0.2) is 26.4 Å². The maximum absolute atomic E-state index is 5.75. The first kappa shape index (κ1) is 15.8. The van der Waals surface area contributed by atoms with Gasteiger partial charge in [0.2, 0.25) is 0 Å². The summed E-state index contributed by atoms with van der Waals surface area (Å²) in [5.41, 5.74) is 0. The average Bonchev–Trinajstić information content (AvgIpc) is 2.56. The molecular formula is C18H20O4. The van der Waals surface area contributed by atoms with E-state index in [2.05, 4.69) is 13.2 Å². The van der Waals surface area contributed by atoms with Crippen molar-refractivity contribution in [1.82, 2.24) is 0 Å². The number of hydrogen-bond donors (Lipinski definition) is 0. The highest BCUT2D eigenvalue weighted by molar-refractivity contribution is 5.93. The number of benzene rings is 2. The molecule has 0 aliphatic carbocycles. The van der Waals surface area contributed by atoms with Crippen molar-refractivity contribution in [2.75, 3.05) is 26.4 Å². The quantitative estimate of drug-likeness (QED) is 0.492. The molecule has 0 saturated carbocycles. The van der Waals surface area contributed by atoms with Crippen LogP contribution < -0.4 is 9.47 Å². The third-order valence-corrected chi connectivity index (χ3v) is 3.00. The lowest BCUT2D eigenvalue weighted by molar-refractivity contribution is 0.178. The molecule has 4 heteroatoms. The van der Waals surface area contributed by atoms with Gasteiger partial charge in [0.25, 0.3) is 0 Å². The molecule has 0 heterocycles. The van der Waals surface area contributed by atoms with Gasteiger partial charge in [-0.3, -0.25) is 0 Å². The molecule has 0 N–H and O–H groups in total. The largest absolute Gasteiger partial charge is 0.498 e. The highest BCUT2D eigenvalue weighted by Gasteiger charge is 2.07. The van der Waals surface area contributed by atoms with Crippen LogP contribution in [0, 0.1) is 0 Å². The van der Waals surface area contributed by atoms with Crippen molar-refractivity contribution >= 4 is 10.8 Å². The Hall–Kier alpha value is -2.62. The Morgan fingerprint density at radius 1 is 0.682 bits per heavy atom. The lowest BCUT2D eigenvalue weighted by atomic mass is 10.1. The molecule has 0 amide bonds. The van der Waals surface area contributed by atoms with Gasteiger partial charge in [0.15, 0.2) is 0 Å². The smallest absolute Gasteiger partial charge is 0.127 e. The Morgan fingerprint density at radius 2 is 1.14 bits per heavy atom. The molecule has 0 atom stereocenters. The van der Waals surface area contributed by atoms with Gasteiger partial charge in [-0.25, -0.2) is 0 Å². The number of hydrogen-bond acceptors (Lipinski definition) is 4. The van der Waals surface area contributed by atoms with E-state index < -0.39 is 0 Å². The molecule has 0 aliphatic rings. The molecular weight excluding hydrogens is 280 g/mol. The fourth-order valence-electron chi connectivity index (χ4n) is 2.06. The lowest BCUT2D eigenvalue weighted by Gasteiger charge is -2.13. The topological polar surface area (TPSA) is 36.9 Å². The minimum absolute atomic E-state index is 0.462. The first-order valence-corrected chi connectivity index (χ1v) is 7.09. The van der Waals surface area contributed by atoms with Gasteiger partial charge >= 0.3 is 0 Å². The van der Waals surface area contributed by atoms with Crippen molar-refractivity contribution in [2.24, 2.45) is 0 Å². The summed E-state index contributed by atoms with van der Waals surface area (Å²) in [5, 5.41) is 2.01. The van der Waals surface area contributed by atoms with Crippen LogP contribution in [0.2, 0.25) is 0 Å². The van der Waals surface area contributed by atoms with Gasteiger partial charge in [-0.05, 0) is 12.1 Å². The van der Waals surface area contributed by atoms with E-state index in [1.54, 1.807) is 0 Å². The van der Waals surface area contributed by atoms with Crippen LogP contribution in [0.25, 0.3) is 10.8 Å². The van der Waals surface area contributed by atoms with E-state index in [0.29, 0.717) is 26.4 Å². The van der Waals surface area contributed by atoms with Crippen LogP contribution in [-0.2, 0) is 9.47 Å². The van der Waals surface area contributed by atoms with Gasteiger partial charge in [-0.2, -0.15) is 0 Å². The molecule has 0 saturated heterocycles. The van der Waals surface area contributed by atoms with Crippen LogP contribution in [0.1, 0.15) is 0 Å². The maximum atomic E-state index is 5.75. The van der Waals surface area contributed by atoms with E-state index in [0.717, 1.165) is 22.3 Å². The standard InChI is InChI=1S/C18H20O4/c1-3-19-11-13-21-17-9-10-18(22-14-12-20-4-2)16-8-6-5-7-15(16)17/h3-10H,1-2,11-14H2. The van der Waals surface area contributed by atoms with Crippen molar-refractivity contribution in [3.8, 4) is 11.5 Å². The second kappa shape index (κ2) is 8.62. The summed E-state index contributed by atoms with van der Waals surface area (Å²) in [6, 6.07) is 11.8. The van der Waals surface area contributed by atoms with E-state index in [1.165, 1.54) is 12.5 Å². The van der Waals surface area contributed by atoms with Crippen molar-refractivity contribution in [1.29, 1.82) is 0 Å². The Bertz CT molecular complexity index is 567. The van der Waals surface area contributed by atoms with E-state index >= 15 is 0 Å². The van der Waals surface area contributed by atoms with E-state index in [1.807, 2.05) is 36.4 Å². The van der Waals surface area contributed by atoms with Crippen LogP contribution in [0.5, 0.6) is 11.5 Å². The Kier molecular flexibility index (Phi) is 6.18. The summed E-state index contributed by atoms with van der Waals surface area (Å²) in [6.45, 7) is 8.85. The fourth-order valence-corrected chi connectivity index (χ4v) is 2.06. The summed E-state index contributed by atoms with van der Waals surface area (Å²) in [6.07, 6.45) is 2.81. The van der Waals surface area contributed by atoms with Crippen LogP contribution in [0.15, 0.2) is 62.1 Å². The molecule has 0 bridgehead atoms. The first-order chi connectivity index (χ1) is 10.9. The summed E-state index contributed by atoms with van der Waals surface area (Å²) < 4.78 is 21.6. The number of fused-ring (bicyclic) bond motifs is 1. The highest BCUT2D eigenvalue weighted by atomic mass is 16.5. The molecule has 0 aliphatic heterocycles. The predicted molar refractivity (Wildman–Crippen MR) is 87.2 cm³/mol. The van der Waals surface area contributed by atoms with Crippen molar-refractivity contribution in [3.63, 3.8) is 0 Å². The van der Waals surface area contributed by atoms with E-state index in [4.69, 9.17) is 18.9 Å². The van der Waals surface area contributed by atoms with Crippen molar-refractivity contribution < 1.29 is 18.9 Å². The summed E-state index contributed by atoms with van der Waals surface area (Å²) in [7, 11) is 0. The zero-order valence-corrected chi connectivity index (χ0v) is 12.5. The van der Waals surface area contributed by atoms with Crippen molar-refractivity contribution in [2.45, 2.75) is 0 Å². The zero-order valence-electron chi connectivity index (χ0n) is 12.5. The molecule has 0 aromatic heterocycles. The second-order valence-electron chi connectivity index (χ2n) is 4.38. The molecule has 2 rings (SSSR count). The molecule has 2 aromatic carbocycles. The normalized spacial score (nSPS) is 10.0. The van der Waals surface area contributed by atoms with Gasteiger partial charge < -0.3 is 18.9 Å². The van der Waals surface area contributed by atoms with Gasteiger partial charge in [-0.15, -0.1) is 0 Å². The molecule has 0 fully saturated rings. The second-order valence-corrected chi connectivity index (χ2v) is 4.38. The minimum atomic E-state index is 0.462. The molecule has 0 radical (unpaired) electrons. The monoisotopic (exact) mass is 300 g/mol. The van der Waals surface area contributed by atoms with Crippen LogP contribution in [0.4, 0.5) is 0 Å². The van der Waals surface area contributed by atoms with E-state index in [-0.39, 0.29) is 0 Å². The molecule has 0 unspecified atom stereocenters. The minimum Gasteiger partial charge on any atom is -0.498 e. The summed E-state index contributed by atoms with van der Waals surface area (Å²) in [4.78, 5) is 0. The average molecular weight is 300 g/mol. The number of ether oxygens (including phenoxy) is 4. The molecule has 0 spiro atoms. The molecule has 4 nitrogen and oxygen atoms in total. The Balaban J connectivity index is 2.11. The van der Waals surface area contributed by atoms with Gasteiger partial charge in [0.1, 0.15) is 37.9 Å². The number of rotatable bonds is 10. The molecule has 2 aromatic rings. The third-order valence-electron chi connectivity index (χ3n) is 3.00. The summed E-state index contributed by atoms with van der Waals surface area (Å²) in [5.74, 6) is 1.61. The SMILES string of the molecule is C=COCCOc1ccc(OCCOC=C)c2ccccc12.